The zero-order chi connectivity index (χ0) is 12.3. The van der Waals surface area contributed by atoms with Crippen LogP contribution in [0, 0.1) is 0 Å². The molecule has 1 fully saturated rings. The third-order valence-corrected chi connectivity index (χ3v) is 2.33. The number of carbonyl (C=O) groups excluding carboxylic acids is 3. The molecule has 90 valence electrons. The molecule has 0 atom stereocenters. The molecule has 0 aliphatic carbocycles. The average Bonchev–Trinajstić information content (AvgIpc) is 2.33. The summed E-state index contributed by atoms with van der Waals surface area (Å²) in [5.41, 5.74) is -0.822. The fourth-order valence-corrected chi connectivity index (χ4v) is 1.48. The molecule has 2 N–H and O–H groups in total. The highest BCUT2D eigenvalue weighted by Crippen LogP contribution is 2.15. The third-order valence-electron chi connectivity index (χ3n) is 2.33. The highest BCUT2D eigenvalue weighted by Gasteiger charge is 2.43. The standard InChI is InChI=1S/C10H17N3O3/c1-7(14)6-11-4-5-13-8(15)10(2,3)12-9(13)16/h11H,4-6H2,1-3H3,(H,12,16). The summed E-state index contributed by atoms with van der Waals surface area (Å²) < 4.78 is 0. The van der Waals surface area contributed by atoms with E-state index in [0.29, 0.717) is 6.54 Å². The van der Waals surface area contributed by atoms with Crippen LogP contribution in [0.1, 0.15) is 20.8 Å². The van der Waals surface area contributed by atoms with Crippen LogP contribution in [-0.2, 0) is 9.59 Å². The number of hydrogen-bond acceptors (Lipinski definition) is 4. The topological polar surface area (TPSA) is 78.5 Å². The van der Waals surface area contributed by atoms with E-state index in [-0.39, 0.29) is 30.8 Å². The van der Waals surface area contributed by atoms with Crippen molar-refractivity contribution in [1.29, 1.82) is 0 Å². The minimum Gasteiger partial charge on any atom is -0.324 e. The van der Waals surface area contributed by atoms with E-state index in [4.69, 9.17) is 0 Å². The molecule has 6 nitrogen and oxygen atoms in total. The number of nitrogens with one attached hydrogen (secondary N) is 2. The van der Waals surface area contributed by atoms with Crippen LogP contribution in [-0.4, -0.2) is 47.8 Å². The van der Waals surface area contributed by atoms with Gasteiger partial charge < -0.3 is 10.6 Å². The number of hydrogen-bond donors (Lipinski definition) is 2. The van der Waals surface area contributed by atoms with Crippen molar-refractivity contribution >= 4 is 17.7 Å². The number of carbonyl (C=O) groups is 3. The average molecular weight is 227 g/mol. The largest absolute Gasteiger partial charge is 0.325 e. The highest BCUT2D eigenvalue weighted by molar-refractivity contribution is 6.06. The van der Waals surface area contributed by atoms with Gasteiger partial charge in [0.2, 0.25) is 0 Å². The molecule has 6 heteroatoms. The maximum absolute atomic E-state index is 11.7. The van der Waals surface area contributed by atoms with Gasteiger partial charge in [0.25, 0.3) is 5.91 Å². The van der Waals surface area contributed by atoms with E-state index in [1.54, 1.807) is 13.8 Å². The molecular weight excluding hydrogens is 210 g/mol. The van der Waals surface area contributed by atoms with E-state index >= 15 is 0 Å². The number of rotatable bonds is 5. The molecule has 16 heavy (non-hydrogen) atoms. The van der Waals surface area contributed by atoms with Crippen LogP contribution < -0.4 is 10.6 Å². The van der Waals surface area contributed by atoms with E-state index < -0.39 is 5.54 Å². The fourth-order valence-electron chi connectivity index (χ4n) is 1.48. The first-order valence-electron chi connectivity index (χ1n) is 5.19. The maximum atomic E-state index is 11.7. The van der Waals surface area contributed by atoms with Gasteiger partial charge in [0, 0.05) is 13.1 Å². The second kappa shape index (κ2) is 4.61. The lowest BCUT2D eigenvalue weighted by atomic mass is 10.1. The minimum atomic E-state index is -0.822. The van der Waals surface area contributed by atoms with Crippen LogP contribution in [0.3, 0.4) is 0 Å². The summed E-state index contributed by atoms with van der Waals surface area (Å²) >= 11 is 0. The van der Waals surface area contributed by atoms with E-state index in [0.717, 1.165) is 4.90 Å². The van der Waals surface area contributed by atoms with Gasteiger partial charge in [-0.25, -0.2) is 4.79 Å². The summed E-state index contributed by atoms with van der Waals surface area (Å²) in [6.45, 7) is 5.76. The molecule has 1 aliphatic heterocycles. The molecule has 0 spiro atoms. The van der Waals surface area contributed by atoms with Crippen molar-refractivity contribution in [3.05, 3.63) is 0 Å². The molecule has 0 aromatic rings. The lowest BCUT2D eigenvalue weighted by molar-refractivity contribution is -0.130. The van der Waals surface area contributed by atoms with Crippen LogP contribution in [0.2, 0.25) is 0 Å². The summed E-state index contributed by atoms with van der Waals surface area (Å²) in [5, 5.41) is 5.44. The second-order valence-electron chi connectivity index (χ2n) is 4.39. The van der Waals surface area contributed by atoms with Gasteiger partial charge in [0.15, 0.2) is 0 Å². The number of urea groups is 1. The van der Waals surface area contributed by atoms with Gasteiger partial charge in [-0.05, 0) is 20.8 Å². The summed E-state index contributed by atoms with van der Waals surface area (Å²) in [6.07, 6.45) is 0. The zero-order valence-electron chi connectivity index (χ0n) is 9.79. The molecule has 0 aromatic heterocycles. The lowest BCUT2D eigenvalue weighted by Gasteiger charge is -2.15. The van der Waals surface area contributed by atoms with Gasteiger partial charge in [-0.1, -0.05) is 0 Å². The van der Waals surface area contributed by atoms with Gasteiger partial charge in [-0.2, -0.15) is 0 Å². The van der Waals surface area contributed by atoms with Crippen molar-refractivity contribution in [2.24, 2.45) is 0 Å². The molecule has 1 aliphatic rings. The first-order chi connectivity index (χ1) is 7.34. The van der Waals surface area contributed by atoms with E-state index in [2.05, 4.69) is 10.6 Å². The molecule has 0 radical (unpaired) electrons. The Hall–Kier alpha value is -1.43. The molecule has 3 amide bonds. The molecule has 1 heterocycles. The Bertz CT molecular complexity index is 325. The summed E-state index contributed by atoms with van der Waals surface area (Å²) in [7, 11) is 0. The van der Waals surface area contributed by atoms with E-state index in [9.17, 15) is 14.4 Å². The summed E-state index contributed by atoms with van der Waals surface area (Å²) in [5.74, 6) is -0.209. The van der Waals surface area contributed by atoms with Gasteiger partial charge in [0.1, 0.15) is 11.3 Å². The molecule has 0 saturated carbocycles. The monoisotopic (exact) mass is 227 g/mol. The van der Waals surface area contributed by atoms with Crippen LogP contribution in [0.15, 0.2) is 0 Å². The van der Waals surface area contributed by atoms with Crippen molar-refractivity contribution in [2.75, 3.05) is 19.6 Å². The number of ketones is 1. The third kappa shape index (κ3) is 2.79. The lowest BCUT2D eigenvalue weighted by Crippen LogP contribution is -2.41. The Balaban J connectivity index is 2.41. The van der Waals surface area contributed by atoms with Crippen LogP contribution >= 0.6 is 0 Å². The van der Waals surface area contributed by atoms with Crippen molar-refractivity contribution in [3.63, 3.8) is 0 Å². The van der Waals surface area contributed by atoms with E-state index in [1.165, 1.54) is 6.92 Å². The molecule has 0 aromatic carbocycles. The van der Waals surface area contributed by atoms with E-state index in [1.807, 2.05) is 0 Å². The fraction of sp³-hybridized carbons (Fsp3) is 0.700. The Labute approximate surface area is 94.4 Å². The normalized spacial score (nSPS) is 18.8. The Morgan fingerprint density at radius 2 is 2.06 bits per heavy atom. The van der Waals surface area contributed by atoms with Crippen molar-refractivity contribution in [3.8, 4) is 0 Å². The van der Waals surface area contributed by atoms with Crippen molar-refractivity contribution < 1.29 is 14.4 Å². The van der Waals surface area contributed by atoms with Crippen LogP contribution in [0.25, 0.3) is 0 Å². The maximum Gasteiger partial charge on any atom is 0.325 e. The Morgan fingerprint density at radius 1 is 1.44 bits per heavy atom. The highest BCUT2D eigenvalue weighted by atomic mass is 16.2. The van der Waals surface area contributed by atoms with Gasteiger partial charge in [0.05, 0.1) is 6.54 Å². The minimum absolute atomic E-state index is 0.0255. The van der Waals surface area contributed by atoms with Gasteiger partial charge >= 0.3 is 6.03 Å². The molecular formula is C10H17N3O3. The Kier molecular flexibility index (Phi) is 3.64. The number of imide groups is 1. The predicted molar refractivity (Wildman–Crippen MR) is 57.9 cm³/mol. The summed E-state index contributed by atoms with van der Waals surface area (Å²) in [4.78, 5) is 35.0. The van der Waals surface area contributed by atoms with Crippen molar-refractivity contribution in [2.45, 2.75) is 26.3 Å². The molecule has 0 unspecified atom stereocenters. The SMILES string of the molecule is CC(=O)CNCCN1C(=O)NC(C)(C)C1=O. The quantitative estimate of drug-likeness (QED) is 0.490. The first kappa shape index (κ1) is 12.6. The summed E-state index contributed by atoms with van der Waals surface area (Å²) in [6, 6.07) is -0.375. The number of Topliss-reactive ketones (excluding diaryl/α,β-unsaturated/α-hetero) is 1. The number of amides is 3. The second-order valence-corrected chi connectivity index (χ2v) is 4.39. The zero-order valence-corrected chi connectivity index (χ0v) is 9.79. The van der Waals surface area contributed by atoms with Gasteiger partial charge in [-0.15, -0.1) is 0 Å². The van der Waals surface area contributed by atoms with Crippen LogP contribution in [0.4, 0.5) is 4.79 Å². The smallest absolute Gasteiger partial charge is 0.324 e. The van der Waals surface area contributed by atoms with Gasteiger partial charge in [-0.3, -0.25) is 14.5 Å². The first-order valence-corrected chi connectivity index (χ1v) is 5.19. The number of nitrogens with zero attached hydrogens (tertiary/aromatic N) is 1. The molecule has 0 bridgehead atoms. The molecule has 1 rings (SSSR count). The predicted octanol–water partition coefficient (Wildman–Crippen LogP) is -0.505. The van der Waals surface area contributed by atoms with Crippen LogP contribution in [0.5, 0.6) is 0 Å². The Morgan fingerprint density at radius 3 is 2.50 bits per heavy atom. The van der Waals surface area contributed by atoms with Crippen molar-refractivity contribution in [1.82, 2.24) is 15.5 Å². The molecule has 1 saturated heterocycles.